The van der Waals surface area contributed by atoms with E-state index in [-0.39, 0.29) is 23.8 Å². The van der Waals surface area contributed by atoms with Gasteiger partial charge in [-0.1, -0.05) is 0 Å². The second-order valence-electron chi connectivity index (χ2n) is 9.70. The maximum absolute atomic E-state index is 12.3. The quantitative estimate of drug-likeness (QED) is 0.618. The Hall–Kier alpha value is -3.51. The molecule has 3 aliphatic rings. The number of H-pyrrole nitrogens is 1. The normalized spacial score (nSPS) is 22.7. The van der Waals surface area contributed by atoms with Crippen LogP contribution in [0.1, 0.15) is 49.4 Å². The minimum atomic E-state index is 0.104. The lowest BCUT2D eigenvalue weighted by atomic mass is 10.1. The van der Waals surface area contributed by atoms with E-state index in [4.69, 9.17) is 16.0 Å². The van der Waals surface area contributed by atoms with Crippen molar-refractivity contribution in [3.8, 4) is 6.07 Å². The average molecular weight is 460 g/mol. The maximum Gasteiger partial charge on any atom is 0.223 e. The topological polar surface area (TPSA) is 132 Å². The Labute approximate surface area is 197 Å². The van der Waals surface area contributed by atoms with Crippen LogP contribution in [0.5, 0.6) is 0 Å². The van der Waals surface area contributed by atoms with Crippen molar-refractivity contribution < 1.29 is 9.59 Å². The molecule has 2 aromatic heterocycles. The fourth-order valence-electron chi connectivity index (χ4n) is 4.73. The number of amides is 2. The smallest absolute Gasteiger partial charge is 0.223 e. The summed E-state index contributed by atoms with van der Waals surface area (Å²) in [5.41, 5.74) is 8.69. The van der Waals surface area contributed by atoms with Gasteiger partial charge in [-0.3, -0.25) is 14.6 Å². The van der Waals surface area contributed by atoms with Crippen molar-refractivity contribution in [2.45, 2.75) is 44.1 Å². The van der Waals surface area contributed by atoms with E-state index in [0.29, 0.717) is 24.3 Å². The number of nitrogens with zero attached hydrogens (tertiary/aromatic N) is 5. The molecule has 176 valence electrons. The molecule has 6 rings (SSSR count). The number of imidazole rings is 1. The molecule has 9 nitrogen and oxygen atoms in total. The standard InChI is InChI=1S/C19H17N5O.C6H12N2O/c20-7-12-3-4-15-14(5-12)18-16(8-21-15)22-19(23-18)13-6-17(25)24(10-13)9-11-1-2-11;1-8-4-5(7)2-3-6(8)9/h3-5,8,11,13H,1-2,6,9-10H2,(H,22,23);5H,2-4,7H2,1H3. The van der Waals surface area contributed by atoms with E-state index in [1.54, 1.807) is 24.2 Å². The highest BCUT2D eigenvalue weighted by atomic mass is 16.2. The van der Waals surface area contributed by atoms with Gasteiger partial charge in [-0.15, -0.1) is 0 Å². The molecule has 4 heterocycles. The van der Waals surface area contributed by atoms with Gasteiger partial charge < -0.3 is 20.5 Å². The van der Waals surface area contributed by atoms with Crippen molar-refractivity contribution in [2.24, 2.45) is 11.7 Å². The van der Waals surface area contributed by atoms with Gasteiger partial charge in [0.1, 0.15) is 5.82 Å². The lowest BCUT2D eigenvalue weighted by Crippen LogP contribution is -2.43. The number of piperidine rings is 1. The molecule has 0 spiro atoms. The highest BCUT2D eigenvalue weighted by molar-refractivity contribution is 6.02. The van der Waals surface area contributed by atoms with Gasteiger partial charge in [0.05, 0.1) is 34.4 Å². The van der Waals surface area contributed by atoms with Crippen LogP contribution in [-0.2, 0) is 9.59 Å². The van der Waals surface area contributed by atoms with Crippen molar-refractivity contribution in [1.29, 1.82) is 5.26 Å². The number of carbonyl (C=O) groups is 2. The number of hydrogen-bond donors (Lipinski definition) is 2. The molecule has 3 N–H and O–H groups in total. The van der Waals surface area contributed by atoms with E-state index in [9.17, 15) is 9.59 Å². The first-order valence-corrected chi connectivity index (χ1v) is 11.9. The van der Waals surface area contributed by atoms with Crippen molar-refractivity contribution in [2.75, 3.05) is 26.7 Å². The molecule has 1 aromatic carbocycles. The van der Waals surface area contributed by atoms with E-state index in [0.717, 1.165) is 53.8 Å². The molecule has 0 radical (unpaired) electrons. The van der Waals surface area contributed by atoms with Crippen molar-refractivity contribution >= 4 is 33.8 Å². The SMILES string of the molecule is CN1CC(N)CCC1=O.N#Cc1ccc2ncc3[nH]c(C4CC(=O)N(CC5CC5)C4)nc3c2c1. The molecule has 2 amide bonds. The number of nitriles is 1. The lowest BCUT2D eigenvalue weighted by Gasteiger charge is -2.26. The summed E-state index contributed by atoms with van der Waals surface area (Å²) in [6.45, 7) is 2.36. The van der Waals surface area contributed by atoms with E-state index in [2.05, 4.69) is 16.0 Å². The van der Waals surface area contributed by atoms with Gasteiger partial charge in [-0.2, -0.15) is 5.26 Å². The van der Waals surface area contributed by atoms with Crippen LogP contribution in [0.4, 0.5) is 0 Å². The molecule has 0 bridgehead atoms. The lowest BCUT2D eigenvalue weighted by molar-refractivity contribution is -0.132. The zero-order valence-electron chi connectivity index (χ0n) is 19.3. The maximum atomic E-state index is 12.3. The van der Waals surface area contributed by atoms with E-state index in [1.165, 1.54) is 12.8 Å². The number of nitrogens with two attached hydrogens (primary N) is 1. The zero-order valence-corrected chi connectivity index (χ0v) is 19.3. The number of aromatic nitrogens is 3. The Morgan fingerprint density at radius 1 is 1.21 bits per heavy atom. The summed E-state index contributed by atoms with van der Waals surface area (Å²) in [6, 6.07) is 7.80. The predicted molar refractivity (Wildman–Crippen MR) is 128 cm³/mol. The summed E-state index contributed by atoms with van der Waals surface area (Å²) in [6.07, 6.45) is 6.26. The van der Waals surface area contributed by atoms with E-state index < -0.39 is 0 Å². The fourth-order valence-corrected chi connectivity index (χ4v) is 4.73. The van der Waals surface area contributed by atoms with Crippen LogP contribution in [0.25, 0.3) is 21.9 Å². The Balaban J connectivity index is 0.000000227. The van der Waals surface area contributed by atoms with Gasteiger partial charge in [0.25, 0.3) is 0 Å². The number of fused-ring (bicyclic) bond motifs is 3. The number of carbonyl (C=O) groups excluding carboxylic acids is 2. The van der Waals surface area contributed by atoms with Crippen LogP contribution in [0.15, 0.2) is 24.4 Å². The summed E-state index contributed by atoms with van der Waals surface area (Å²) in [7, 11) is 1.79. The summed E-state index contributed by atoms with van der Waals surface area (Å²) < 4.78 is 0. The molecule has 1 saturated carbocycles. The van der Waals surface area contributed by atoms with Crippen LogP contribution < -0.4 is 5.73 Å². The zero-order chi connectivity index (χ0) is 23.8. The van der Waals surface area contributed by atoms with Crippen molar-refractivity contribution in [3.05, 3.63) is 35.8 Å². The number of pyridine rings is 1. The number of benzene rings is 1. The number of likely N-dealkylation sites (tertiary alicyclic amines) is 2. The van der Waals surface area contributed by atoms with Gasteiger partial charge in [0, 0.05) is 56.9 Å². The van der Waals surface area contributed by atoms with Crippen LogP contribution >= 0.6 is 0 Å². The monoisotopic (exact) mass is 459 g/mol. The minimum absolute atomic E-state index is 0.104. The second kappa shape index (κ2) is 9.03. The molecule has 3 aromatic rings. The number of rotatable bonds is 3. The predicted octanol–water partition coefficient (Wildman–Crippen LogP) is 2.27. The van der Waals surface area contributed by atoms with Gasteiger partial charge in [-0.25, -0.2) is 4.98 Å². The first kappa shape index (κ1) is 22.3. The Bertz CT molecular complexity index is 1290. The molecule has 1 aliphatic carbocycles. The van der Waals surface area contributed by atoms with E-state index in [1.807, 2.05) is 17.0 Å². The molecule has 3 fully saturated rings. The van der Waals surface area contributed by atoms with Gasteiger partial charge in [-0.05, 0) is 43.4 Å². The highest BCUT2D eigenvalue weighted by Gasteiger charge is 2.36. The molecule has 2 unspecified atom stereocenters. The first-order chi connectivity index (χ1) is 16.4. The summed E-state index contributed by atoms with van der Waals surface area (Å²) in [5, 5.41) is 10.0. The molecule has 2 atom stereocenters. The number of aromatic amines is 1. The molecular weight excluding hydrogens is 430 g/mol. The largest absolute Gasteiger partial charge is 0.344 e. The summed E-state index contributed by atoms with van der Waals surface area (Å²) >= 11 is 0. The van der Waals surface area contributed by atoms with Crippen LogP contribution in [0.3, 0.4) is 0 Å². The Morgan fingerprint density at radius 2 is 2.03 bits per heavy atom. The van der Waals surface area contributed by atoms with Crippen LogP contribution in [0.2, 0.25) is 0 Å². The Kier molecular flexibility index (Phi) is 5.92. The summed E-state index contributed by atoms with van der Waals surface area (Å²) in [5.74, 6) is 2.10. The molecule has 2 aliphatic heterocycles. The third-order valence-corrected chi connectivity index (χ3v) is 6.90. The molecule has 2 saturated heterocycles. The summed E-state index contributed by atoms with van der Waals surface area (Å²) in [4.78, 5) is 39.3. The van der Waals surface area contributed by atoms with Gasteiger partial charge in [0.2, 0.25) is 11.8 Å². The Morgan fingerprint density at radius 3 is 2.74 bits per heavy atom. The molecule has 9 heteroatoms. The van der Waals surface area contributed by atoms with Gasteiger partial charge >= 0.3 is 0 Å². The molecular formula is C25H29N7O2. The van der Waals surface area contributed by atoms with Gasteiger partial charge in [0.15, 0.2) is 0 Å². The third-order valence-electron chi connectivity index (χ3n) is 6.90. The highest BCUT2D eigenvalue weighted by Crippen LogP contribution is 2.34. The van der Waals surface area contributed by atoms with Crippen LogP contribution in [0, 0.1) is 17.2 Å². The number of hydrogen-bond acceptors (Lipinski definition) is 6. The van der Waals surface area contributed by atoms with Crippen LogP contribution in [-0.4, -0.2) is 69.3 Å². The number of likely N-dealkylation sites (N-methyl/N-ethyl adjacent to an activating group) is 1. The fraction of sp³-hybridized carbons (Fsp3) is 0.480. The number of nitrogens with one attached hydrogen (secondary N) is 1. The average Bonchev–Trinajstić information content (AvgIpc) is 3.41. The van der Waals surface area contributed by atoms with Crippen molar-refractivity contribution in [3.63, 3.8) is 0 Å². The first-order valence-electron chi connectivity index (χ1n) is 11.9. The van der Waals surface area contributed by atoms with Crippen molar-refractivity contribution in [1.82, 2.24) is 24.8 Å². The molecule has 34 heavy (non-hydrogen) atoms. The minimum Gasteiger partial charge on any atom is -0.344 e. The van der Waals surface area contributed by atoms with E-state index >= 15 is 0 Å². The third kappa shape index (κ3) is 4.59. The second-order valence-corrected chi connectivity index (χ2v) is 9.70.